The topological polar surface area (TPSA) is 32.3 Å². The predicted octanol–water partition coefficient (Wildman–Crippen LogP) is 3.19. The molecule has 3 heteroatoms. The van der Waals surface area contributed by atoms with Crippen molar-refractivity contribution in [3.8, 4) is 0 Å². The fraction of sp³-hybridized carbons (Fsp3) is 0.941. The van der Waals surface area contributed by atoms with Gasteiger partial charge in [-0.05, 0) is 64.3 Å². The molecule has 116 valence electrons. The fourth-order valence-corrected chi connectivity index (χ4v) is 3.03. The first-order chi connectivity index (χ1) is 9.61. The van der Waals surface area contributed by atoms with Crippen LogP contribution < -0.4 is 5.32 Å². The molecule has 0 bridgehead atoms. The lowest BCUT2D eigenvalue weighted by Crippen LogP contribution is -2.46. The zero-order valence-corrected chi connectivity index (χ0v) is 13.5. The number of hydrogen-bond acceptors (Lipinski definition) is 2. The van der Waals surface area contributed by atoms with Crippen molar-refractivity contribution in [1.29, 1.82) is 0 Å². The summed E-state index contributed by atoms with van der Waals surface area (Å²) in [4.78, 5) is 14.6. The smallest absolute Gasteiger partial charge is 0.234 e. The summed E-state index contributed by atoms with van der Waals surface area (Å²) in [5.74, 6) is 1.83. The predicted molar refractivity (Wildman–Crippen MR) is 83.6 cm³/mol. The van der Waals surface area contributed by atoms with E-state index in [1.54, 1.807) is 0 Å². The zero-order valence-electron chi connectivity index (χ0n) is 13.5. The van der Waals surface area contributed by atoms with Gasteiger partial charge in [0.1, 0.15) is 0 Å². The molecule has 20 heavy (non-hydrogen) atoms. The molecule has 0 atom stereocenters. The van der Waals surface area contributed by atoms with Crippen molar-refractivity contribution in [2.45, 2.75) is 77.8 Å². The molecular formula is C17H32N2O. The molecule has 0 heterocycles. The van der Waals surface area contributed by atoms with Crippen molar-refractivity contribution >= 4 is 5.91 Å². The van der Waals surface area contributed by atoms with E-state index in [1.165, 1.54) is 44.9 Å². The van der Waals surface area contributed by atoms with Crippen LogP contribution >= 0.6 is 0 Å². The highest BCUT2D eigenvalue weighted by atomic mass is 16.2. The third kappa shape index (κ3) is 5.08. The van der Waals surface area contributed by atoms with Gasteiger partial charge >= 0.3 is 0 Å². The van der Waals surface area contributed by atoms with Gasteiger partial charge in [0, 0.05) is 12.1 Å². The molecule has 2 rings (SSSR count). The quantitative estimate of drug-likeness (QED) is 0.623. The van der Waals surface area contributed by atoms with Crippen molar-refractivity contribution in [3.63, 3.8) is 0 Å². The molecule has 2 saturated carbocycles. The Morgan fingerprint density at radius 2 is 1.75 bits per heavy atom. The molecule has 2 fully saturated rings. The standard InChI is InChI=1S/C17H32N2O/c1-4-5-6-11-19(13(2)3)12-16(20)18-17(14-7-8-14)15-9-10-15/h13-15,17H,4-12H2,1-3H3,(H,18,20). The highest BCUT2D eigenvalue weighted by molar-refractivity contribution is 5.78. The summed E-state index contributed by atoms with van der Waals surface area (Å²) in [6.07, 6.45) is 9.01. The number of amides is 1. The van der Waals surface area contributed by atoms with Gasteiger partial charge in [0.05, 0.1) is 6.54 Å². The number of nitrogens with zero attached hydrogens (tertiary/aromatic N) is 1. The molecule has 0 radical (unpaired) electrons. The van der Waals surface area contributed by atoms with Gasteiger partial charge in [-0.3, -0.25) is 9.69 Å². The Morgan fingerprint density at radius 1 is 1.15 bits per heavy atom. The maximum Gasteiger partial charge on any atom is 0.234 e. The first-order valence-electron chi connectivity index (χ1n) is 8.65. The monoisotopic (exact) mass is 280 g/mol. The molecule has 1 N–H and O–H groups in total. The van der Waals surface area contributed by atoms with Crippen LogP contribution in [-0.4, -0.2) is 36.0 Å². The van der Waals surface area contributed by atoms with Crippen LogP contribution in [0.5, 0.6) is 0 Å². The van der Waals surface area contributed by atoms with Gasteiger partial charge in [-0.1, -0.05) is 19.8 Å². The van der Waals surface area contributed by atoms with Crippen molar-refractivity contribution < 1.29 is 4.79 Å². The zero-order chi connectivity index (χ0) is 14.5. The number of carbonyl (C=O) groups excluding carboxylic acids is 1. The van der Waals surface area contributed by atoms with Gasteiger partial charge in [-0.25, -0.2) is 0 Å². The second-order valence-electron chi connectivity index (χ2n) is 7.04. The maximum absolute atomic E-state index is 12.3. The van der Waals surface area contributed by atoms with E-state index in [2.05, 4.69) is 31.0 Å². The first-order valence-corrected chi connectivity index (χ1v) is 8.65. The van der Waals surface area contributed by atoms with Crippen LogP contribution in [0.1, 0.15) is 65.7 Å². The molecule has 0 aromatic rings. The average molecular weight is 280 g/mol. The molecule has 2 aliphatic rings. The van der Waals surface area contributed by atoms with Gasteiger partial charge in [-0.15, -0.1) is 0 Å². The first kappa shape index (κ1) is 15.8. The minimum Gasteiger partial charge on any atom is -0.352 e. The second kappa shape index (κ2) is 7.44. The van der Waals surface area contributed by atoms with Crippen LogP contribution in [0, 0.1) is 11.8 Å². The number of carbonyl (C=O) groups is 1. The summed E-state index contributed by atoms with van der Waals surface area (Å²) >= 11 is 0. The molecule has 1 amide bonds. The highest BCUT2D eigenvalue weighted by Gasteiger charge is 2.42. The molecule has 0 aromatic heterocycles. The summed E-state index contributed by atoms with van der Waals surface area (Å²) in [6.45, 7) is 8.24. The lowest BCUT2D eigenvalue weighted by molar-refractivity contribution is -0.123. The number of nitrogens with one attached hydrogen (secondary N) is 1. The number of rotatable bonds is 10. The third-order valence-corrected chi connectivity index (χ3v) is 4.71. The fourth-order valence-electron chi connectivity index (χ4n) is 3.03. The number of unbranched alkanes of at least 4 members (excludes halogenated alkanes) is 2. The van der Waals surface area contributed by atoms with Crippen molar-refractivity contribution in [2.24, 2.45) is 11.8 Å². The lowest BCUT2D eigenvalue weighted by atomic mass is 10.1. The van der Waals surface area contributed by atoms with Crippen LogP contribution in [0.3, 0.4) is 0 Å². The van der Waals surface area contributed by atoms with Crippen molar-refractivity contribution in [3.05, 3.63) is 0 Å². The van der Waals surface area contributed by atoms with Crippen molar-refractivity contribution in [1.82, 2.24) is 10.2 Å². The average Bonchev–Trinajstić information content (AvgIpc) is 3.28. The maximum atomic E-state index is 12.3. The van der Waals surface area contributed by atoms with E-state index in [9.17, 15) is 4.79 Å². The van der Waals surface area contributed by atoms with Crippen LogP contribution in [-0.2, 0) is 4.79 Å². The molecule has 0 spiro atoms. The molecule has 0 unspecified atom stereocenters. The van der Waals surface area contributed by atoms with Gasteiger partial charge in [-0.2, -0.15) is 0 Å². The molecular weight excluding hydrogens is 248 g/mol. The minimum absolute atomic E-state index is 0.249. The van der Waals surface area contributed by atoms with Crippen LogP contribution in [0.4, 0.5) is 0 Å². The van der Waals surface area contributed by atoms with Gasteiger partial charge in [0.15, 0.2) is 0 Å². The Morgan fingerprint density at radius 3 is 2.20 bits per heavy atom. The van der Waals surface area contributed by atoms with E-state index in [1.807, 2.05) is 0 Å². The second-order valence-corrected chi connectivity index (χ2v) is 7.04. The normalized spacial score (nSPS) is 19.1. The Balaban J connectivity index is 1.74. The summed E-state index contributed by atoms with van der Waals surface area (Å²) in [6, 6.07) is 0.949. The van der Waals surface area contributed by atoms with Gasteiger partial charge in [0.25, 0.3) is 0 Å². The van der Waals surface area contributed by atoms with E-state index in [-0.39, 0.29) is 5.91 Å². The Hall–Kier alpha value is -0.570. The molecule has 3 nitrogen and oxygen atoms in total. The molecule has 0 saturated heterocycles. The highest BCUT2D eigenvalue weighted by Crippen LogP contribution is 2.44. The molecule has 2 aliphatic carbocycles. The minimum atomic E-state index is 0.249. The van der Waals surface area contributed by atoms with Crippen LogP contribution in [0.15, 0.2) is 0 Å². The Bertz CT molecular complexity index is 296. The lowest BCUT2D eigenvalue weighted by Gasteiger charge is -2.27. The van der Waals surface area contributed by atoms with Crippen LogP contribution in [0.25, 0.3) is 0 Å². The van der Waals surface area contributed by atoms with Gasteiger partial charge in [0.2, 0.25) is 5.91 Å². The largest absolute Gasteiger partial charge is 0.352 e. The van der Waals surface area contributed by atoms with E-state index >= 15 is 0 Å². The Labute approximate surface area is 124 Å². The molecule has 0 aliphatic heterocycles. The van der Waals surface area contributed by atoms with E-state index < -0.39 is 0 Å². The van der Waals surface area contributed by atoms with E-state index in [0.717, 1.165) is 18.4 Å². The van der Waals surface area contributed by atoms with E-state index in [0.29, 0.717) is 18.6 Å². The van der Waals surface area contributed by atoms with E-state index in [4.69, 9.17) is 0 Å². The number of hydrogen-bond donors (Lipinski definition) is 1. The van der Waals surface area contributed by atoms with Gasteiger partial charge < -0.3 is 5.32 Å². The summed E-state index contributed by atoms with van der Waals surface area (Å²) in [5.41, 5.74) is 0. The van der Waals surface area contributed by atoms with Crippen LogP contribution in [0.2, 0.25) is 0 Å². The third-order valence-electron chi connectivity index (χ3n) is 4.71. The SMILES string of the molecule is CCCCCN(CC(=O)NC(C1CC1)C1CC1)C(C)C. The van der Waals surface area contributed by atoms with Crippen molar-refractivity contribution in [2.75, 3.05) is 13.1 Å². The summed E-state index contributed by atoms with van der Waals surface area (Å²) in [7, 11) is 0. The summed E-state index contributed by atoms with van der Waals surface area (Å²) in [5, 5.41) is 3.34. The molecule has 0 aromatic carbocycles. The Kier molecular flexibility index (Phi) is 5.88. The summed E-state index contributed by atoms with van der Waals surface area (Å²) < 4.78 is 0.